The fourth-order valence-electron chi connectivity index (χ4n) is 2.17. The third-order valence-electron chi connectivity index (χ3n) is 3.30. The van der Waals surface area contributed by atoms with Crippen molar-refractivity contribution in [1.29, 1.82) is 0 Å². The first-order valence-electron chi connectivity index (χ1n) is 7.09. The van der Waals surface area contributed by atoms with E-state index in [1.165, 1.54) is 11.3 Å². The van der Waals surface area contributed by atoms with E-state index in [4.69, 9.17) is 15.2 Å². The Morgan fingerprint density at radius 2 is 2.27 bits per heavy atom. The van der Waals surface area contributed by atoms with Crippen LogP contribution in [0.3, 0.4) is 0 Å². The van der Waals surface area contributed by atoms with Gasteiger partial charge in [-0.1, -0.05) is 13.3 Å². The predicted molar refractivity (Wildman–Crippen MR) is 84.5 cm³/mol. The zero-order valence-corrected chi connectivity index (χ0v) is 13.0. The first-order valence-corrected chi connectivity index (χ1v) is 7.97. The summed E-state index contributed by atoms with van der Waals surface area (Å²) in [6.07, 6.45) is 1.84. The number of nitrogens with one attached hydrogen (secondary N) is 1. The normalized spacial score (nSPS) is 13.9. The summed E-state index contributed by atoms with van der Waals surface area (Å²) in [5.41, 5.74) is 7.04. The average molecular weight is 319 g/mol. The van der Waals surface area contributed by atoms with Gasteiger partial charge in [-0.2, -0.15) is 0 Å². The minimum absolute atomic E-state index is 0.109. The van der Waals surface area contributed by atoms with E-state index in [0.29, 0.717) is 22.9 Å². The molecule has 2 aromatic rings. The lowest BCUT2D eigenvalue weighted by Gasteiger charge is -2.06. The molecule has 2 heterocycles. The van der Waals surface area contributed by atoms with E-state index in [-0.39, 0.29) is 18.7 Å². The van der Waals surface area contributed by atoms with Crippen LogP contribution in [0.25, 0.3) is 0 Å². The number of anilines is 1. The van der Waals surface area contributed by atoms with E-state index in [2.05, 4.69) is 17.2 Å². The number of hydrogen-bond donors (Lipinski definition) is 2. The predicted octanol–water partition coefficient (Wildman–Crippen LogP) is 2.92. The molecule has 0 fully saturated rings. The Hall–Kier alpha value is -2.12. The minimum atomic E-state index is -0.259. The average Bonchev–Trinajstić information content (AvgIpc) is 3.16. The third kappa shape index (κ3) is 3.05. The molecular formula is C15H17N3O3S. The maximum atomic E-state index is 12.2. The standard InChI is InChI=1S/C15H17N3O3S/c1-2-3-10(16)15-18-11(7-22-15)14(19)17-9-4-5-12-13(6-9)21-8-20-12/h4-7,10H,2-3,8,16H2,1H3,(H,17,19). The summed E-state index contributed by atoms with van der Waals surface area (Å²) in [4.78, 5) is 16.6. The van der Waals surface area contributed by atoms with E-state index in [1.54, 1.807) is 23.6 Å². The van der Waals surface area contributed by atoms with Gasteiger partial charge < -0.3 is 20.5 Å². The van der Waals surface area contributed by atoms with Crippen molar-refractivity contribution in [2.75, 3.05) is 12.1 Å². The van der Waals surface area contributed by atoms with Gasteiger partial charge in [0.2, 0.25) is 6.79 Å². The Morgan fingerprint density at radius 3 is 3.09 bits per heavy atom. The van der Waals surface area contributed by atoms with Crippen LogP contribution in [-0.4, -0.2) is 17.7 Å². The minimum Gasteiger partial charge on any atom is -0.454 e. The van der Waals surface area contributed by atoms with Crippen LogP contribution in [0.1, 0.15) is 41.3 Å². The van der Waals surface area contributed by atoms with Gasteiger partial charge in [-0.3, -0.25) is 4.79 Å². The largest absolute Gasteiger partial charge is 0.454 e. The highest BCUT2D eigenvalue weighted by Gasteiger charge is 2.17. The Kier molecular flexibility index (Phi) is 4.26. The Bertz CT molecular complexity index is 686. The molecule has 3 rings (SSSR count). The molecule has 7 heteroatoms. The zero-order valence-electron chi connectivity index (χ0n) is 12.2. The third-order valence-corrected chi connectivity index (χ3v) is 4.28. The zero-order chi connectivity index (χ0) is 15.5. The molecule has 1 aliphatic heterocycles. The van der Waals surface area contributed by atoms with Gasteiger partial charge in [0.05, 0.1) is 6.04 Å². The van der Waals surface area contributed by atoms with Crippen molar-refractivity contribution in [3.05, 3.63) is 34.3 Å². The van der Waals surface area contributed by atoms with Crippen LogP contribution in [0.5, 0.6) is 11.5 Å². The number of fused-ring (bicyclic) bond motifs is 1. The molecule has 1 aromatic heterocycles. The summed E-state index contributed by atoms with van der Waals surface area (Å²) in [5.74, 6) is 1.05. The molecule has 22 heavy (non-hydrogen) atoms. The maximum absolute atomic E-state index is 12.2. The van der Waals surface area contributed by atoms with E-state index in [1.807, 2.05) is 0 Å². The monoisotopic (exact) mass is 319 g/mol. The van der Waals surface area contributed by atoms with E-state index < -0.39 is 0 Å². The molecule has 1 atom stereocenters. The lowest BCUT2D eigenvalue weighted by Crippen LogP contribution is -2.14. The number of benzene rings is 1. The van der Waals surface area contributed by atoms with Crippen LogP contribution in [0.4, 0.5) is 5.69 Å². The SMILES string of the molecule is CCCC(N)c1nc(C(=O)Nc2ccc3c(c2)OCO3)cs1. The fraction of sp³-hybridized carbons (Fsp3) is 0.333. The molecule has 116 valence electrons. The van der Waals surface area contributed by atoms with Crippen LogP contribution in [-0.2, 0) is 0 Å². The van der Waals surface area contributed by atoms with Crippen molar-refractivity contribution in [1.82, 2.24) is 4.98 Å². The van der Waals surface area contributed by atoms with Gasteiger partial charge in [-0.05, 0) is 18.6 Å². The number of aromatic nitrogens is 1. The van der Waals surface area contributed by atoms with Gasteiger partial charge in [0, 0.05) is 17.1 Å². The number of hydrogen-bond acceptors (Lipinski definition) is 6. The van der Waals surface area contributed by atoms with Gasteiger partial charge in [-0.25, -0.2) is 4.98 Å². The lowest BCUT2D eigenvalue weighted by molar-refractivity contribution is 0.102. The van der Waals surface area contributed by atoms with Crippen molar-refractivity contribution < 1.29 is 14.3 Å². The number of thiazole rings is 1. The molecule has 1 aromatic carbocycles. The summed E-state index contributed by atoms with van der Waals surface area (Å²) in [7, 11) is 0. The first kappa shape index (κ1) is 14.8. The summed E-state index contributed by atoms with van der Waals surface area (Å²) >= 11 is 1.41. The van der Waals surface area contributed by atoms with Gasteiger partial charge in [0.15, 0.2) is 11.5 Å². The molecule has 6 nitrogen and oxygen atoms in total. The molecular weight excluding hydrogens is 302 g/mol. The summed E-state index contributed by atoms with van der Waals surface area (Å²) in [6, 6.07) is 5.15. The van der Waals surface area contributed by atoms with E-state index in [9.17, 15) is 4.79 Å². The van der Waals surface area contributed by atoms with Crippen LogP contribution >= 0.6 is 11.3 Å². The molecule has 0 aliphatic carbocycles. The number of carbonyl (C=O) groups excluding carboxylic acids is 1. The van der Waals surface area contributed by atoms with Gasteiger partial charge in [0.25, 0.3) is 5.91 Å². The van der Waals surface area contributed by atoms with Gasteiger partial charge in [0.1, 0.15) is 10.7 Å². The summed E-state index contributed by atoms with van der Waals surface area (Å²) < 4.78 is 10.5. The molecule has 3 N–H and O–H groups in total. The number of carbonyl (C=O) groups is 1. The number of amides is 1. The Labute approximate surface area is 132 Å². The van der Waals surface area contributed by atoms with Crippen LogP contribution in [0, 0.1) is 0 Å². The Morgan fingerprint density at radius 1 is 1.45 bits per heavy atom. The molecule has 1 aliphatic rings. The molecule has 0 saturated heterocycles. The quantitative estimate of drug-likeness (QED) is 0.885. The van der Waals surface area contributed by atoms with Crippen molar-refractivity contribution in [2.45, 2.75) is 25.8 Å². The molecule has 0 spiro atoms. The fourth-order valence-corrected chi connectivity index (χ4v) is 3.00. The first-order chi connectivity index (χ1) is 10.7. The number of rotatable bonds is 5. The maximum Gasteiger partial charge on any atom is 0.275 e. The highest BCUT2D eigenvalue weighted by molar-refractivity contribution is 7.09. The molecule has 1 unspecified atom stereocenters. The second-order valence-electron chi connectivity index (χ2n) is 4.99. The lowest BCUT2D eigenvalue weighted by atomic mass is 10.2. The highest BCUT2D eigenvalue weighted by Crippen LogP contribution is 2.34. The second kappa shape index (κ2) is 6.33. The van der Waals surface area contributed by atoms with Crippen molar-refractivity contribution >= 4 is 22.9 Å². The summed E-state index contributed by atoms with van der Waals surface area (Å²) in [6.45, 7) is 2.28. The van der Waals surface area contributed by atoms with Crippen molar-refractivity contribution in [3.63, 3.8) is 0 Å². The van der Waals surface area contributed by atoms with E-state index in [0.717, 1.165) is 17.8 Å². The van der Waals surface area contributed by atoms with Crippen LogP contribution < -0.4 is 20.5 Å². The van der Waals surface area contributed by atoms with E-state index >= 15 is 0 Å². The van der Waals surface area contributed by atoms with Crippen molar-refractivity contribution in [2.24, 2.45) is 5.73 Å². The molecule has 1 amide bonds. The number of nitrogens with zero attached hydrogens (tertiary/aromatic N) is 1. The number of ether oxygens (including phenoxy) is 2. The van der Waals surface area contributed by atoms with Crippen LogP contribution in [0.15, 0.2) is 23.6 Å². The topological polar surface area (TPSA) is 86.5 Å². The molecule has 0 saturated carbocycles. The smallest absolute Gasteiger partial charge is 0.275 e. The highest BCUT2D eigenvalue weighted by atomic mass is 32.1. The second-order valence-corrected chi connectivity index (χ2v) is 5.88. The molecule has 0 radical (unpaired) electrons. The summed E-state index contributed by atoms with van der Waals surface area (Å²) in [5, 5.41) is 5.32. The Balaban J connectivity index is 1.69. The van der Waals surface area contributed by atoms with Gasteiger partial charge >= 0.3 is 0 Å². The number of nitrogens with two attached hydrogens (primary N) is 1. The van der Waals surface area contributed by atoms with Crippen LogP contribution in [0.2, 0.25) is 0 Å². The molecule has 0 bridgehead atoms. The van der Waals surface area contributed by atoms with Crippen molar-refractivity contribution in [3.8, 4) is 11.5 Å². The van der Waals surface area contributed by atoms with Gasteiger partial charge in [-0.15, -0.1) is 11.3 Å².